The Bertz CT molecular complexity index is 246. The summed E-state index contributed by atoms with van der Waals surface area (Å²) in [5.74, 6) is 0.279. The lowest BCUT2D eigenvalue weighted by Gasteiger charge is -2.15. The molecule has 0 saturated heterocycles. The van der Waals surface area contributed by atoms with E-state index >= 15 is 0 Å². The average molecular weight is 205 g/mol. The van der Waals surface area contributed by atoms with Crippen molar-refractivity contribution in [3.63, 3.8) is 0 Å². The number of halogens is 1. The topological polar surface area (TPSA) is 20.2 Å². The first-order valence-electron chi connectivity index (χ1n) is 4.07. The van der Waals surface area contributed by atoms with Gasteiger partial charge in [-0.3, -0.25) is 0 Å². The maximum atomic E-state index is 9.78. The van der Waals surface area contributed by atoms with E-state index in [4.69, 9.17) is 11.6 Å². The molecule has 0 amide bonds. The highest BCUT2D eigenvalue weighted by molar-refractivity contribution is 7.10. The molecule has 2 atom stereocenters. The van der Waals surface area contributed by atoms with Gasteiger partial charge in [0.15, 0.2) is 0 Å². The minimum Gasteiger partial charge on any atom is -0.387 e. The highest BCUT2D eigenvalue weighted by Gasteiger charge is 2.18. The maximum Gasteiger partial charge on any atom is 0.0922 e. The van der Waals surface area contributed by atoms with Crippen LogP contribution in [0.1, 0.15) is 31.2 Å². The van der Waals surface area contributed by atoms with E-state index in [0.29, 0.717) is 5.02 Å². The summed E-state index contributed by atoms with van der Waals surface area (Å²) in [7, 11) is 0. The van der Waals surface area contributed by atoms with Gasteiger partial charge in [-0.05, 0) is 17.4 Å². The van der Waals surface area contributed by atoms with Gasteiger partial charge in [0, 0.05) is 0 Å². The molecule has 1 heterocycles. The Labute approximate surface area is 82.0 Å². The molecule has 1 aromatic heterocycles. The Kier molecular flexibility index (Phi) is 3.56. The fourth-order valence-corrected chi connectivity index (χ4v) is 2.28. The van der Waals surface area contributed by atoms with Crippen molar-refractivity contribution in [1.82, 2.24) is 0 Å². The zero-order valence-electron chi connectivity index (χ0n) is 7.25. The molecule has 0 spiro atoms. The molecule has 1 rings (SSSR count). The second-order valence-corrected chi connectivity index (χ2v) is 4.32. The van der Waals surface area contributed by atoms with Gasteiger partial charge >= 0.3 is 0 Å². The lowest BCUT2D eigenvalue weighted by molar-refractivity contribution is 0.119. The van der Waals surface area contributed by atoms with Gasteiger partial charge in [-0.25, -0.2) is 0 Å². The number of hydrogen-bond acceptors (Lipinski definition) is 2. The third-order valence-electron chi connectivity index (χ3n) is 2.10. The number of rotatable bonds is 3. The molecule has 0 aliphatic rings. The van der Waals surface area contributed by atoms with E-state index in [1.165, 1.54) is 11.3 Å². The Morgan fingerprint density at radius 2 is 2.33 bits per heavy atom. The molecule has 0 radical (unpaired) electrons. The van der Waals surface area contributed by atoms with Crippen molar-refractivity contribution >= 4 is 22.9 Å². The molecule has 1 aromatic rings. The van der Waals surface area contributed by atoms with E-state index in [1.807, 2.05) is 18.4 Å². The summed E-state index contributed by atoms with van der Waals surface area (Å²) in [5.41, 5.74) is 0. The fourth-order valence-electron chi connectivity index (χ4n) is 0.998. The Morgan fingerprint density at radius 3 is 2.75 bits per heavy atom. The molecular weight excluding hydrogens is 192 g/mol. The highest BCUT2D eigenvalue weighted by Crippen LogP contribution is 2.33. The van der Waals surface area contributed by atoms with E-state index in [1.54, 1.807) is 0 Å². The van der Waals surface area contributed by atoms with Crippen molar-refractivity contribution < 1.29 is 5.11 Å². The Balaban J connectivity index is 2.77. The lowest BCUT2D eigenvalue weighted by Crippen LogP contribution is -2.06. The van der Waals surface area contributed by atoms with Gasteiger partial charge in [0.2, 0.25) is 0 Å². The first-order valence-corrected chi connectivity index (χ1v) is 5.33. The summed E-state index contributed by atoms with van der Waals surface area (Å²) in [5, 5.41) is 12.4. The number of aliphatic hydroxyl groups excluding tert-OH is 1. The molecule has 0 aromatic carbocycles. The molecule has 2 unspecified atom stereocenters. The van der Waals surface area contributed by atoms with Crippen LogP contribution in [-0.2, 0) is 0 Å². The van der Waals surface area contributed by atoms with Gasteiger partial charge in [-0.15, -0.1) is 11.3 Å². The summed E-state index contributed by atoms with van der Waals surface area (Å²) >= 11 is 7.41. The lowest BCUT2D eigenvalue weighted by atomic mass is 10.0. The molecule has 68 valence electrons. The quantitative estimate of drug-likeness (QED) is 0.800. The normalized spacial score (nSPS) is 16.0. The number of aliphatic hydroxyl groups is 1. The molecule has 0 aliphatic heterocycles. The van der Waals surface area contributed by atoms with Crippen LogP contribution in [0.25, 0.3) is 0 Å². The van der Waals surface area contributed by atoms with Crippen LogP contribution in [0.3, 0.4) is 0 Å². The van der Waals surface area contributed by atoms with Crippen LogP contribution < -0.4 is 0 Å². The number of thiophene rings is 1. The molecule has 12 heavy (non-hydrogen) atoms. The van der Waals surface area contributed by atoms with Crippen molar-refractivity contribution in [2.45, 2.75) is 26.4 Å². The molecule has 1 nitrogen and oxygen atoms in total. The monoisotopic (exact) mass is 204 g/mol. The van der Waals surface area contributed by atoms with Crippen LogP contribution in [0.5, 0.6) is 0 Å². The smallest absolute Gasteiger partial charge is 0.0922 e. The van der Waals surface area contributed by atoms with Gasteiger partial charge < -0.3 is 5.11 Å². The van der Waals surface area contributed by atoms with Crippen LogP contribution in [0.2, 0.25) is 5.02 Å². The third-order valence-corrected chi connectivity index (χ3v) is 3.53. The standard InChI is InChI=1S/C9H13ClOS/c1-3-6(2)8(11)9-7(10)4-5-12-9/h4-6,8,11H,3H2,1-2H3. The minimum atomic E-state index is -0.400. The molecule has 3 heteroatoms. The molecule has 0 saturated carbocycles. The van der Waals surface area contributed by atoms with Crippen molar-refractivity contribution in [2.24, 2.45) is 5.92 Å². The predicted molar refractivity (Wildman–Crippen MR) is 53.7 cm³/mol. The summed E-state index contributed by atoms with van der Waals surface area (Å²) in [4.78, 5) is 0.894. The Morgan fingerprint density at radius 1 is 1.67 bits per heavy atom. The zero-order chi connectivity index (χ0) is 9.14. The molecule has 1 N–H and O–H groups in total. The summed E-state index contributed by atoms with van der Waals surface area (Å²) in [6.07, 6.45) is 0.567. The predicted octanol–water partition coefficient (Wildman–Crippen LogP) is 3.48. The minimum absolute atomic E-state index is 0.279. The molecule has 0 fully saturated rings. The van der Waals surface area contributed by atoms with Gasteiger partial charge in [0.25, 0.3) is 0 Å². The van der Waals surface area contributed by atoms with Gasteiger partial charge in [0.1, 0.15) is 0 Å². The summed E-state index contributed by atoms with van der Waals surface area (Å²) in [6.45, 7) is 4.09. The third kappa shape index (κ3) is 2.00. The first kappa shape index (κ1) is 10.0. The highest BCUT2D eigenvalue weighted by atomic mass is 35.5. The van der Waals surface area contributed by atoms with Gasteiger partial charge in [-0.2, -0.15) is 0 Å². The van der Waals surface area contributed by atoms with Crippen molar-refractivity contribution in [2.75, 3.05) is 0 Å². The second-order valence-electron chi connectivity index (χ2n) is 2.96. The van der Waals surface area contributed by atoms with E-state index in [2.05, 4.69) is 6.92 Å². The molecular formula is C9H13ClOS. The van der Waals surface area contributed by atoms with Crippen LogP contribution in [0.4, 0.5) is 0 Å². The second kappa shape index (κ2) is 4.26. The van der Waals surface area contributed by atoms with E-state index in [0.717, 1.165) is 11.3 Å². The average Bonchev–Trinajstić information content (AvgIpc) is 2.48. The Hall–Kier alpha value is -0.0500. The summed E-state index contributed by atoms with van der Waals surface area (Å²) < 4.78 is 0. The van der Waals surface area contributed by atoms with E-state index in [9.17, 15) is 5.11 Å². The van der Waals surface area contributed by atoms with Crippen molar-refractivity contribution in [1.29, 1.82) is 0 Å². The van der Waals surface area contributed by atoms with E-state index in [-0.39, 0.29) is 5.92 Å². The number of hydrogen-bond donors (Lipinski definition) is 1. The van der Waals surface area contributed by atoms with Gasteiger partial charge in [0.05, 0.1) is 16.0 Å². The van der Waals surface area contributed by atoms with Crippen LogP contribution in [0, 0.1) is 5.92 Å². The van der Waals surface area contributed by atoms with Gasteiger partial charge in [-0.1, -0.05) is 31.9 Å². The molecule has 0 bridgehead atoms. The van der Waals surface area contributed by atoms with Crippen LogP contribution in [0.15, 0.2) is 11.4 Å². The van der Waals surface area contributed by atoms with Crippen LogP contribution in [-0.4, -0.2) is 5.11 Å². The zero-order valence-corrected chi connectivity index (χ0v) is 8.82. The fraction of sp³-hybridized carbons (Fsp3) is 0.556. The van der Waals surface area contributed by atoms with Crippen molar-refractivity contribution in [3.8, 4) is 0 Å². The van der Waals surface area contributed by atoms with Crippen molar-refractivity contribution in [3.05, 3.63) is 21.3 Å². The summed E-state index contributed by atoms with van der Waals surface area (Å²) in [6, 6.07) is 1.83. The SMILES string of the molecule is CCC(C)C(O)c1sccc1Cl. The first-order chi connectivity index (χ1) is 5.66. The largest absolute Gasteiger partial charge is 0.387 e. The maximum absolute atomic E-state index is 9.78. The molecule has 0 aliphatic carbocycles. The van der Waals surface area contributed by atoms with Crippen LogP contribution >= 0.6 is 22.9 Å². The van der Waals surface area contributed by atoms with E-state index < -0.39 is 6.10 Å².